The van der Waals surface area contributed by atoms with Crippen LogP contribution in [0, 0.1) is 0 Å². The van der Waals surface area contributed by atoms with Crippen molar-refractivity contribution in [3.05, 3.63) is 54.2 Å². The van der Waals surface area contributed by atoms with Gasteiger partial charge >= 0.3 is 41.9 Å². The Morgan fingerprint density at radius 3 is 1.65 bits per heavy atom. The van der Waals surface area contributed by atoms with Crippen molar-refractivity contribution in [2.24, 2.45) is 0 Å². The van der Waals surface area contributed by atoms with Gasteiger partial charge in [-0.3, -0.25) is 4.98 Å². The van der Waals surface area contributed by atoms with Gasteiger partial charge in [-0.25, -0.2) is 4.79 Å². The number of nitrogens with zero attached hydrogens (tertiary/aromatic N) is 1. The first-order valence-corrected chi connectivity index (χ1v) is 8.42. The van der Waals surface area contributed by atoms with Crippen LogP contribution in [0.25, 0.3) is 11.3 Å². The van der Waals surface area contributed by atoms with Crippen LogP contribution < -0.4 is 0 Å². The largest absolute Gasteiger partial charge is 0.473 e. The van der Waals surface area contributed by atoms with E-state index in [9.17, 15) is 61.9 Å². The average Bonchev–Trinajstić information content (AvgIpc) is 2.72. The second-order valence-electron chi connectivity index (χ2n) is 6.46. The van der Waals surface area contributed by atoms with E-state index < -0.39 is 53.1 Å². The minimum absolute atomic E-state index is 0.160. The van der Waals surface area contributed by atoms with Gasteiger partial charge in [0.25, 0.3) is 0 Å². The average molecular weight is 517 g/mol. The summed E-state index contributed by atoms with van der Waals surface area (Å²) < 4.78 is 174. The zero-order valence-corrected chi connectivity index (χ0v) is 15.8. The molecule has 1 aromatic heterocycles. The lowest BCUT2D eigenvalue weighted by atomic mass is 9.97. The Balaban J connectivity index is 2.48. The van der Waals surface area contributed by atoms with Crippen LogP contribution in [0.3, 0.4) is 0 Å². The molecule has 0 aliphatic carbocycles. The molecule has 0 saturated heterocycles. The van der Waals surface area contributed by atoms with Crippen LogP contribution in [0.15, 0.2) is 48.7 Å². The maximum atomic E-state index is 13.8. The van der Waals surface area contributed by atoms with E-state index in [4.69, 9.17) is 0 Å². The minimum atomic E-state index is -8.09. The predicted molar refractivity (Wildman–Crippen MR) is 85.9 cm³/mol. The molecule has 0 N–H and O–H groups in total. The maximum Gasteiger partial charge on any atom is 0.473 e. The van der Waals surface area contributed by atoms with E-state index in [1.165, 1.54) is 24.3 Å². The number of hydrogen-bond donors (Lipinski definition) is 0. The number of esters is 1. The summed E-state index contributed by atoms with van der Waals surface area (Å²) in [4.78, 5) is 15.7. The molecular weight excluding hydrogens is 509 g/mol. The molecule has 16 heteroatoms. The summed E-state index contributed by atoms with van der Waals surface area (Å²) in [7, 11) is 0. The Hall–Kier alpha value is -3.07. The number of halogens is 13. The van der Waals surface area contributed by atoms with E-state index in [2.05, 4.69) is 9.72 Å². The van der Waals surface area contributed by atoms with E-state index in [-0.39, 0.29) is 5.69 Å². The van der Waals surface area contributed by atoms with Gasteiger partial charge in [-0.1, -0.05) is 24.3 Å². The number of benzene rings is 1. The third-order valence-electron chi connectivity index (χ3n) is 4.21. The van der Waals surface area contributed by atoms with Crippen molar-refractivity contribution in [1.82, 2.24) is 4.98 Å². The normalized spacial score (nSPS) is 14.1. The molecule has 0 spiro atoms. The zero-order chi connectivity index (χ0) is 26.4. The highest BCUT2D eigenvalue weighted by Crippen LogP contribution is 2.60. The molecule has 1 heterocycles. The van der Waals surface area contributed by atoms with Gasteiger partial charge < -0.3 is 4.74 Å². The highest BCUT2D eigenvalue weighted by Gasteiger charge is 2.92. The van der Waals surface area contributed by atoms with Crippen LogP contribution in [-0.4, -0.2) is 46.9 Å². The summed E-state index contributed by atoms with van der Waals surface area (Å²) in [6, 6.07) is 7.63. The maximum absolute atomic E-state index is 13.8. The highest BCUT2D eigenvalue weighted by molar-refractivity contribution is 5.96. The van der Waals surface area contributed by atoms with E-state index in [1.807, 2.05) is 0 Å². The fourth-order valence-electron chi connectivity index (χ4n) is 2.40. The number of carbonyl (C=O) groups is 1. The fraction of sp³-hybridized carbons (Fsp3) is 0.333. The van der Waals surface area contributed by atoms with Gasteiger partial charge in [-0.2, -0.15) is 57.1 Å². The standard InChI is InChI=1S/C18H8F13NO2/c19-13(20,15(23,24)17(27,28)29)14(21,22)16(25,26)18(30,31)34-12(33)10-6-2-1-5-9(10)11-7-3-4-8-32-11/h1-8H. The number of rotatable bonds is 7. The first kappa shape index (κ1) is 27.2. The van der Waals surface area contributed by atoms with Gasteiger partial charge in [-0.05, 0) is 18.2 Å². The van der Waals surface area contributed by atoms with Gasteiger partial charge in [0.15, 0.2) is 0 Å². The van der Waals surface area contributed by atoms with E-state index >= 15 is 0 Å². The summed E-state index contributed by atoms with van der Waals surface area (Å²) in [5.74, 6) is -34.3. The number of hydrogen-bond acceptors (Lipinski definition) is 3. The van der Waals surface area contributed by atoms with Crippen molar-refractivity contribution in [2.75, 3.05) is 0 Å². The minimum Gasteiger partial charge on any atom is -0.392 e. The molecule has 0 bridgehead atoms. The first-order valence-electron chi connectivity index (χ1n) is 8.42. The van der Waals surface area contributed by atoms with Crippen LogP contribution in [0.1, 0.15) is 10.4 Å². The van der Waals surface area contributed by atoms with E-state index in [0.29, 0.717) is 6.07 Å². The van der Waals surface area contributed by atoms with Gasteiger partial charge in [-0.15, -0.1) is 0 Å². The van der Waals surface area contributed by atoms with Gasteiger partial charge in [0.05, 0.1) is 11.3 Å². The Morgan fingerprint density at radius 1 is 0.647 bits per heavy atom. The molecule has 0 aliphatic rings. The Labute approximate surface area is 180 Å². The van der Waals surface area contributed by atoms with Crippen molar-refractivity contribution < 1.29 is 66.6 Å². The third-order valence-corrected chi connectivity index (χ3v) is 4.21. The molecule has 2 aromatic rings. The fourth-order valence-corrected chi connectivity index (χ4v) is 2.40. The second kappa shape index (κ2) is 8.30. The van der Waals surface area contributed by atoms with E-state index in [1.54, 1.807) is 0 Å². The summed E-state index contributed by atoms with van der Waals surface area (Å²) in [6.45, 7) is 0. The number of ether oxygens (including phenoxy) is 1. The Kier molecular flexibility index (Phi) is 6.64. The van der Waals surface area contributed by atoms with Gasteiger partial charge in [0.2, 0.25) is 0 Å². The molecule has 0 aliphatic heterocycles. The smallest absolute Gasteiger partial charge is 0.392 e. The molecule has 0 atom stereocenters. The first-order chi connectivity index (χ1) is 15.2. The topological polar surface area (TPSA) is 39.2 Å². The molecule has 188 valence electrons. The SMILES string of the molecule is O=C(OC(F)(F)C(F)(F)C(F)(F)C(F)(F)C(F)(F)C(F)(F)F)c1ccccc1-c1ccccn1. The monoisotopic (exact) mass is 517 g/mol. The molecule has 0 amide bonds. The molecule has 1 aromatic carbocycles. The zero-order valence-electron chi connectivity index (χ0n) is 15.8. The van der Waals surface area contributed by atoms with Crippen LogP contribution in [0.2, 0.25) is 0 Å². The van der Waals surface area contributed by atoms with Gasteiger partial charge in [0, 0.05) is 11.8 Å². The molecule has 3 nitrogen and oxygen atoms in total. The van der Waals surface area contributed by atoms with Crippen molar-refractivity contribution in [2.45, 2.75) is 36.0 Å². The summed E-state index contributed by atoms with van der Waals surface area (Å²) in [5.41, 5.74) is -1.59. The molecule has 2 rings (SSSR count). The quantitative estimate of drug-likeness (QED) is 0.307. The van der Waals surface area contributed by atoms with Crippen molar-refractivity contribution in [1.29, 1.82) is 0 Å². The molecular formula is C18H8F13NO2. The molecule has 0 fully saturated rings. The lowest BCUT2D eigenvalue weighted by molar-refractivity contribution is -0.459. The van der Waals surface area contributed by atoms with Crippen LogP contribution in [0.5, 0.6) is 0 Å². The van der Waals surface area contributed by atoms with Gasteiger partial charge in [0.1, 0.15) is 0 Å². The summed E-state index contributed by atoms with van der Waals surface area (Å²) in [5, 5.41) is 0. The third kappa shape index (κ3) is 4.13. The van der Waals surface area contributed by atoms with Crippen molar-refractivity contribution in [3.8, 4) is 11.3 Å². The molecule has 0 saturated carbocycles. The lowest BCUT2D eigenvalue weighted by Crippen LogP contribution is -2.70. The van der Waals surface area contributed by atoms with Crippen molar-refractivity contribution in [3.63, 3.8) is 0 Å². The van der Waals surface area contributed by atoms with Crippen LogP contribution in [-0.2, 0) is 4.74 Å². The number of alkyl halides is 13. The lowest BCUT2D eigenvalue weighted by Gasteiger charge is -2.38. The predicted octanol–water partition coefficient (Wildman–Crippen LogP) is 6.60. The van der Waals surface area contributed by atoms with Crippen LogP contribution in [0.4, 0.5) is 57.1 Å². The van der Waals surface area contributed by atoms with Crippen LogP contribution >= 0.6 is 0 Å². The highest BCUT2D eigenvalue weighted by atomic mass is 19.4. The second-order valence-corrected chi connectivity index (χ2v) is 6.46. The summed E-state index contributed by atoms with van der Waals surface area (Å²) >= 11 is 0. The number of aromatic nitrogens is 1. The Bertz CT molecular complexity index is 1040. The summed E-state index contributed by atoms with van der Waals surface area (Å²) in [6.07, 6.45) is -13.4. The van der Waals surface area contributed by atoms with E-state index in [0.717, 1.165) is 18.3 Å². The van der Waals surface area contributed by atoms with Crippen molar-refractivity contribution >= 4 is 5.97 Å². The molecule has 0 unspecified atom stereocenters. The Morgan fingerprint density at radius 2 is 1.15 bits per heavy atom. The molecule has 34 heavy (non-hydrogen) atoms. The molecule has 0 radical (unpaired) electrons. The number of pyridine rings is 1. The number of carbonyl (C=O) groups excluding carboxylic acids is 1.